The normalized spacial score (nSPS) is 19.8. The summed E-state index contributed by atoms with van der Waals surface area (Å²) in [6, 6.07) is 11.1. The summed E-state index contributed by atoms with van der Waals surface area (Å²) < 4.78 is 5.44. The van der Waals surface area contributed by atoms with Crippen LogP contribution in [0.15, 0.2) is 45.9 Å². The van der Waals surface area contributed by atoms with Crippen molar-refractivity contribution in [3.8, 4) is 0 Å². The molecule has 2 aliphatic rings. The first-order chi connectivity index (χ1) is 13.1. The molecule has 0 aliphatic carbocycles. The first-order valence-corrected chi connectivity index (χ1v) is 8.90. The number of hydrogen-bond donors (Lipinski definition) is 1. The maximum Gasteiger partial charge on any atom is 0.266 e. The molecule has 1 N–H and O–H groups in total. The van der Waals surface area contributed by atoms with Crippen molar-refractivity contribution in [2.75, 3.05) is 6.54 Å². The van der Waals surface area contributed by atoms with Crippen LogP contribution in [0.5, 0.6) is 0 Å². The number of nitrogens with zero attached hydrogens (tertiary/aromatic N) is 3. The van der Waals surface area contributed by atoms with Crippen LogP contribution in [-0.2, 0) is 22.6 Å². The number of aromatic amines is 1. The van der Waals surface area contributed by atoms with Gasteiger partial charge in [0.2, 0.25) is 5.91 Å². The van der Waals surface area contributed by atoms with Gasteiger partial charge in [-0.15, -0.1) is 0 Å². The minimum absolute atomic E-state index is 0.0545. The molecule has 5 rings (SSSR count). The summed E-state index contributed by atoms with van der Waals surface area (Å²) in [6.45, 7) is 2.21. The summed E-state index contributed by atoms with van der Waals surface area (Å²) >= 11 is 0. The van der Waals surface area contributed by atoms with Gasteiger partial charge >= 0.3 is 0 Å². The molecule has 0 radical (unpaired) electrons. The number of piperazine rings is 1. The summed E-state index contributed by atoms with van der Waals surface area (Å²) in [5.41, 5.74) is 3.16. The van der Waals surface area contributed by atoms with Crippen molar-refractivity contribution >= 4 is 28.9 Å². The van der Waals surface area contributed by atoms with Gasteiger partial charge in [0.25, 0.3) is 5.91 Å². The predicted octanol–water partition coefficient (Wildman–Crippen LogP) is 2.20. The molecule has 1 saturated heterocycles. The number of furan rings is 1. The average molecular weight is 362 g/mol. The summed E-state index contributed by atoms with van der Waals surface area (Å²) in [7, 11) is 0. The van der Waals surface area contributed by atoms with Crippen LogP contribution in [0.2, 0.25) is 0 Å². The molecule has 2 amide bonds. The van der Waals surface area contributed by atoms with Crippen LogP contribution >= 0.6 is 0 Å². The Balaban J connectivity index is 1.45. The van der Waals surface area contributed by atoms with E-state index in [0.29, 0.717) is 18.7 Å². The largest absolute Gasteiger partial charge is 0.460 e. The van der Waals surface area contributed by atoms with Crippen LogP contribution in [-0.4, -0.2) is 45.5 Å². The molecule has 0 unspecified atom stereocenters. The molecule has 1 aromatic carbocycles. The lowest BCUT2D eigenvalue weighted by atomic mass is 9.94. The Bertz CT molecular complexity index is 1090. The smallest absolute Gasteiger partial charge is 0.266 e. The first-order valence-electron chi connectivity index (χ1n) is 8.90. The molecular weight excluding hydrogens is 344 g/mol. The number of carbonyl (C=O) groups excluding carboxylic acids is 2. The molecule has 0 saturated carbocycles. The highest BCUT2D eigenvalue weighted by atomic mass is 16.3. The van der Waals surface area contributed by atoms with E-state index in [-0.39, 0.29) is 18.4 Å². The molecule has 7 nitrogen and oxygen atoms in total. The molecule has 3 aromatic rings. The van der Waals surface area contributed by atoms with Crippen molar-refractivity contribution in [1.29, 1.82) is 0 Å². The fourth-order valence-corrected chi connectivity index (χ4v) is 3.91. The van der Waals surface area contributed by atoms with E-state index in [1.165, 1.54) is 11.2 Å². The van der Waals surface area contributed by atoms with Crippen molar-refractivity contribution in [3.05, 3.63) is 59.2 Å². The summed E-state index contributed by atoms with van der Waals surface area (Å²) in [5.74, 6) is 1.06. The van der Waals surface area contributed by atoms with Crippen molar-refractivity contribution < 1.29 is 14.0 Å². The lowest BCUT2D eigenvalue weighted by molar-refractivity contribution is -0.157. The van der Waals surface area contributed by atoms with Gasteiger partial charge in [-0.05, 0) is 30.7 Å². The second kappa shape index (κ2) is 5.84. The zero-order valence-corrected chi connectivity index (χ0v) is 14.8. The van der Waals surface area contributed by atoms with Gasteiger partial charge < -0.3 is 14.3 Å². The third-order valence-electron chi connectivity index (χ3n) is 5.23. The van der Waals surface area contributed by atoms with Crippen molar-refractivity contribution in [2.45, 2.75) is 25.9 Å². The van der Waals surface area contributed by atoms with Gasteiger partial charge in [-0.2, -0.15) is 5.10 Å². The highest BCUT2D eigenvalue weighted by Gasteiger charge is 2.43. The van der Waals surface area contributed by atoms with E-state index >= 15 is 0 Å². The Morgan fingerprint density at radius 2 is 2.04 bits per heavy atom. The minimum atomic E-state index is -0.520. The summed E-state index contributed by atoms with van der Waals surface area (Å²) in [4.78, 5) is 30.7. The molecule has 2 aliphatic heterocycles. The van der Waals surface area contributed by atoms with Gasteiger partial charge in [0.15, 0.2) is 0 Å². The second-order valence-electron chi connectivity index (χ2n) is 6.96. The van der Waals surface area contributed by atoms with E-state index in [2.05, 4.69) is 10.1 Å². The van der Waals surface area contributed by atoms with Crippen LogP contribution in [0.4, 0.5) is 0 Å². The van der Waals surface area contributed by atoms with E-state index in [1.807, 2.05) is 37.3 Å². The minimum Gasteiger partial charge on any atom is -0.460 e. The van der Waals surface area contributed by atoms with Crippen LogP contribution in [0.3, 0.4) is 0 Å². The number of H-pyrrole nitrogens is 1. The molecule has 27 heavy (non-hydrogen) atoms. The fourth-order valence-electron chi connectivity index (χ4n) is 3.91. The maximum atomic E-state index is 13.0. The topological polar surface area (TPSA) is 81.9 Å². The van der Waals surface area contributed by atoms with Gasteiger partial charge in [-0.1, -0.05) is 18.2 Å². The van der Waals surface area contributed by atoms with Crippen LogP contribution in [0.25, 0.3) is 10.9 Å². The Labute approximate surface area is 155 Å². The van der Waals surface area contributed by atoms with E-state index in [9.17, 15) is 9.59 Å². The molecular formula is C20H18N4O3. The van der Waals surface area contributed by atoms with Crippen LogP contribution in [0.1, 0.15) is 22.8 Å². The maximum absolute atomic E-state index is 13.0. The molecule has 0 spiro atoms. The summed E-state index contributed by atoms with van der Waals surface area (Å²) in [6.07, 6.45) is 1.98. The molecule has 1 atom stereocenters. The molecule has 2 aromatic heterocycles. The van der Waals surface area contributed by atoms with Gasteiger partial charge in [-0.25, -0.2) is 5.01 Å². The molecule has 1 fully saturated rings. The zero-order chi connectivity index (χ0) is 18.5. The standard InChI is InChI=1S/C20H18N4O3/c1-12-6-7-13(27-12)9-21-24-11-19(25)23-10-17-15(8-18(23)20(24)26)14-4-2-3-5-16(14)22-17/h2-7,9,18,22H,8,10-11H2,1H3/b21-9-/t18-/m1/s1. The monoisotopic (exact) mass is 362 g/mol. The molecule has 4 heterocycles. The van der Waals surface area contributed by atoms with E-state index < -0.39 is 6.04 Å². The number of benzene rings is 1. The SMILES string of the molecule is Cc1ccc(/C=N\N2CC(=O)N3Cc4[nH]c5ccccc5c4C[C@@H]3C2=O)o1. The van der Waals surface area contributed by atoms with Crippen molar-refractivity contribution in [1.82, 2.24) is 14.9 Å². The Morgan fingerprint density at radius 1 is 1.19 bits per heavy atom. The summed E-state index contributed by atoms with van der Waals surface area (Å²) in [5, 5.41) is 6.57. The number of rotatable bonds is 2. The lowest BCUT2D eigenvalue weighted by Crippen LogP contribution is -2.60. The Hall–Kier alpha value is -3.35. The van der Waals surface area contributed by atoms with Crippen LogP contribution in [0, 0.1) is 6.92 Å². The van der Waals surface area contributed by atoms with E-state index in [1.54, 1.807) is 11.0 Å². The molecule has 136 valence electrons. The van der Waals surface area contributed by atoms with E-state index in [4.69, 9.17) is 4.42 Å². The highest BCUT2D eigenvalue weighted by molar-refractivity contribution is 5.97. The first kappa shape index (κ1) is 15.9. The number of aromatic nitrogens is 1. The molecule has 7 heteroatoms. The number of nitrogens with one attached hydrogen (secondary N) is 1. The number of hydrogen-bond acceptors (Lipinski definition) is 4. The number of carbonyl (C=O) groups is 2. The third-order valence-corrected chi connectivity index (χ3v) is 5.23. The van der Waals surface area contributed by atoms with E-state index in [0.717, 1.165) is 27.9 Å². The van der Waals surface area contributed by atoms with Crippen molar-refractivity contribution in [2.24, 2.45) is 5.10 Å². The predicted molar refractivity (Wildman–Crippen MR) is 99.1 cm³/mol. The average Bonchev–Trinajstić information content (AvgIpc) is 3.25. The Morgan fingerprint density at radius 3 is 2.85 bits per heavy atom. The van der Waals surface area contributed by atoms with Gasteiger partial charge in [0.05, 0.1) is 12.8 Å². The van der Waals surface area contributed by atoms with Crippen molar-refractivity contribution in [3.63, 3.8) is 0 Å². The van der Waals surface area contributed by atoms with Gasteiger partial charge in [0, 0.05) is 23.0 Å². The molecule has 0 bridgehead atoms. The number of hydrazone groups is 1. The fraction of sp³-hybridized carbons (Fsp3) is 0.250. The number of fused-ring (bicyclic) bond motifs is 4. The highest BCUT2D eigenvalue weighted by Crippen LogP contribution is 2.32. The van der Waals surface area contributed by atoms with Gasteiger partial charge in [-0.3, -0.25) is 9.59 Å². The zero-order valence-electron chi connectivity index (χ0n) is 14.8. The number of amides is 2. The van der Waals surface area contributed by atoms with Crippen LogP contribution < -0.4 is 0 Å². The second-order valence-corrected chi connectivity index (χ2v) is 6.96. The number of aryl methyl sites for hydroxylation is 1. The quantitative estimate of drug-likeness (QED) is 0.710. The lowest BCUT2D eigenvalue weighted by Gasteiger charge is -2.40. The number of para-hydroxylation sites is 1. The third kappa shape index (κ3) is 2.54. The van der Waals surface area contributed by atoms with Gasteiger partial charge in [0.1, 0.15) is 24.1 Å². The Kier molecular flexibility index (Phi) is 3.43.